The van der Waals surface area contributed by atoms with Crippen molar-refractivity contribution in [3.05, 3.63) is 64.5 Å². The average molecular weight is 344 g/mol. The minimum absolute atomic E-state index is 0.248. The Morgan fingerprint density at radius 1 is 1.00 bits per heavy atom. The zero-order valence-electron chi connectivity index (χ0n) is 15.0. The number of hydrogen-bond donors (Lipinski definition) is 2. The number of aryl methyl sites for hydroxylation is 2. The molecule has 0 spiro atoms. The minimum atomic E-state index is -0.280. The van der Waals surface area contributed by atoms with Crippen molar-refractivity contribution < 1.29 is 13.9 Å². The average Bonchev–Trinajstić information content (AvgIpc) is 2.59. The van der Waals surface area contributed by atoms with Crippen LogP contribution >= 0.6 is 0 Å². The Kier molecular flexibility index (Phi) is 6.81. The third-order valence-corrected chi connectivity index (χ3v) is 4.15. The van der Waals surface area contributed by atoms with Gasteiger partial charge < -0.3 is 15.4 Å². The molecule has 2 N–H and O–H groups in total. The number of nitrogens with one attached hydrogen (secondary N) is 2. The molecule has 0 radical (unpaired) electrons. The maximum absolute atomic E-state index is 13.5. The molecule has 0 bridgehead atoms. The molecular formula is C20H25FN2O2. The first-order valence-electron chi connectivity index (χ1n) is 8.43. The van der Waals surface area contributed by atoms with Crippen molar-refractivity contribution in [2.75, 3.05) is 19.7 Å². The van der Waals surface area contributed by atoms with Gasteiger partial charge in [0.15, 0.2) is 0 Å². The number of ether oxygens (including phenoxy) is 1. The van der Waals surface area contributed by atoms with Gasteiger partial charge in [-0.05, 0) is 55.5 Å². The minimum Gasteiger partial charge on any atom is -0.491 e. The fourth-order valence-electron chi connectivity index (χ4n) is 2.54. The lowest BCUT2D eigenvalue weighted by Gasteiger charge is -2.14. The van der Waals surface area contributed by atoms with E-state index in [9.17, 15) is 9.18 Å². The summed E-state index contributed by atoms with van der Waals surface area (Å²) in [5.74, 6) is 0.628. The summed E-state index contributed by atoms with van der Waals surface area (Å²) >= 11 is 0. The Bertz CT molecular complexity index is 732. The van der Waals surface area contributed by atoms with Gasteiger partial charge in [0.2, 0.25) is 0 Å². The Balaban J connectivity index is 1.68. The van der Waals surface area contributed by atoms with Gasteiger partial charge in [-0.1, -0.05) is 30.3 Å². The number of halogens is 1. The quantitative estimate of drug-likeness (QED) is 0.753. The number of carbonyl (C=O) groups excluding carboxylic acids is 1. The summed E-state index contributed by atoms with van der Waals surface area (Å²) in [5.41, 5.74) is 3.97. The summed E-state index contributed by atoms with van der Waals surface area (Å²) in [4.78, 5) is 11.7. The van der Waals surface area contributed by atoms with Gasteiger partial charge in [-0.25, -0.2) is 9.18 Å². The van der Waals surface area contributed by atoms with E-state index in [1.165, 1.54) is 11.6 Å². The van der Waals surface area contributed by atoms with E-state index in [1.54, 1.807) is 18.2 Å². The summed E-state index contributed by atoms with van der Waals surface area (Å²) in [5, 5.41) is 5.46. The molecule has 0 atom stereocenters. The summed E-state index contributed by atoms with van der Waals surface area (Å²) < 4.78 is 19.3. The first-order chi connectivity index (χ1) is 12.0. The molecule has 0 saturated heterocycles. The number of amides is 2. The van der Waals surface area contributed by atoms with E-state index in [4.69, 9.17) is 4.74 Å². The third-order valence-electron chi connectivity index (χ3n) is 4.15. The first kappa shape index (κ1) is 18.8. The highest BCUT2D eigenvalue weighted by Gasteiger charge is 2.07. The van der Waals surface area contributed by atoms with E-state index in [0.717, 1.165) is 16.9 Å². The van der Waals surface area contributed by atoms with Gasteiger partial charge in [0.1, 0.15) is 18.2 Å². The molecule has 0 aromatic heterocycles. The zero-order chi connectivity index (χ0) is 18.2. The van der Waals surface area contributed by atoms with Crippen molar-refractivity contribution >= 4 is 6.03 Å². The molecule has 0 saturated carbocycles. The molecule has 134 valence electrons. The lowest BCUT2D eigenvalue weighted by Crippen LogP contribution is -2.38. The van der Waals surface area contributed by atoms with Gasteiger partial charge in [-0.2, -0.15) is 0 Å². The Hall–Kier alpha value is -2.56. The molecule has 2 aromatic carbocycles. The summed E-state index contributed by atoms with van der Waals surface area (Å²) in [6.45, 7) is 7.25. The fraction of sp³-hybridized carbons (Fsp3) is 0.350. The van der Waals surface area contributed by atoms with Gasteiger partial charge >= 0.3 is 6.03 Å². The predicted octanol–water partition coefficient (Wildman–Crippen LogP) is 3.67. The second-order valence-corrected chi connectivity index (χ2v) is 6.03. The van der Waals surface area contributed by atoms with Crippen LogP contribution in [0.2, 0.25) is 0 Å². The molecule has 0 heterocycles. The molecule has 4 nitrogen and oxygen atoms in total. The van der Waals surface area contributed by atoms with Gasteiger partial charge in [0, 0.05) is 6.54 Å². The number of hydrogen-bond acceptors (Lipinski definition) is 2. The highest BCUT2D eigenvalue weighted by molar-refractivity contribution is 5.73. The van der Waals surface area contributed by atoms with Crippen molar-refractivity contribution in [1.82, 2.24) is 10.6 Å². The van der Waals surface area contributed by atoms with Crippen LogP contribution in [0.5, 0.6) is 5.75 Å². The predicted molar refractivity (Wildman–Crippen MR) is 97.7 cm³/mol. The molecule has 2 amide bonds. The topological polar surface area (TPSA) is 50.4 Å². The molecule has 0 aliphatic rings. The maximum Gasteiger partial charge on any atom is 0.314 e. The Labute approximate surface area is 148 Å². The van der Waals surface area contributed by atoms with Crippen molar-refractivity contribution in [1.29, 1.82) is 0 Å². The molecule has 2 rings (SSSR count). The molecule has 0 fully saturated rings. The van der Waals surface area contributed by atoms with Crippen LogP contribution in [0.4, 0.5) is 9.18 Å². The summed E-state index contributed by atoms with van der Waals surface area (Å²) in [7, 11) is 0. The molecular weight excluding hydrogens is 319 g/mol. The number of benzene rings is 2. The molecule has 25 heavy (non-hydrogen) atoms. The fourth-order valence-corrected chi connectivity index (χ4v) is 2.54. The van der Waals surface area contributed by atoms with Crippen molar-refractivity contribution in [3.63, 3.8) is 0 Å². The van der Waals surface area contributed by atoms with Gasteiger partial charge in [0.05, 0.1) is 6.54 Å². The number of rotatable bonds is 7. The van der Waals surface area contributed by atoms with E-state index in [2.05, 4.69) is 16.7 Å². The van der Waals surface area contributed by atoms with E-state index < -0.39 is 0 Å². The SMILES string of the molecule is Cc1ccc(C)c(OCCNC(=O)NCCc2ccccc2F)c1C. The van der Waals surface area contributed by atoms with E-state index >= 15 is 0 Å². The lowest BCUT2D eigenvalue weighted by atomic mass is 10.1. The molecule has 5 heteroatoms. The zero-order valence-corrected chi connectivity index (χ0v) is 15.0. The highest BCUT2D eigenvalue weighted by Crippen LogP contribution is 2.25. The van der Waals surface area contributed by atoms with Crippen LogP contribution in [0.25, 0.3) is 0 Å². The maximum atomic E-state index is 13.5. The molecule has 0 unspecified atom stereocenters. The molecule has 0 aliphatic heterocycles. The van der Waals surface area contributed by atoms with Crippen molar-refractivity contribution in [2.45, 2.75) is 27.2 Å². The van der Waals surface area contributed by atoms with Crippen LogP contribution in [0.1, 0.15) is 22.3 Å². The van der Waals surface area contributed by atoms with Gasteiger partial charge in [-0.15, -0.1) is 0 Å². The third kappa shape index (κ3) is 5.48. The van der Waals surface area contributed by atoms with E-state index in [0.29, 0.717) is 31.7 Å². The highest BCUT2D eigenvalue weighted by atomic mass is 19.1. The Morgan fingerprint density at radius 2 is 1.68 bits per heavy atom. The van der Waals surface area contributed by atoms with Crippen LogP contribution in [0.3, 0.4) is 0 Å². The number of urea groups is 1. The van der Waals surface area contributed by atoms with Crippen LogP contribution in [-0.2, 0) is 6.42 Å². The monoisotopic (exact) mass is 344 g/mol. The largest absolute Gasteiger partial charge is 0.491 e. The Morgan fingerprint density at radius 3 is 2.44 bits per heavy atom. The van der Waals surface area contributed by atoms with Crippen LogP contribution in [0, 0.1) is 26.6 Å². The van der Waals surface area contributed by atoms with Crippen LogP contribution in [-0.4, -0.2) is 25.7 Å². The smallest absolute Gasteiger partial charge is 0.314 e. The molecule has 0 aliphatic carbocycles. The van der Waals surface area contributed by atoms with Crippen molar-refractivity contribution in [2.24, 2.45) is 0 Å². The molecule has 2 aromatic rings. The summed E-state index contributed by atoms with van der Waals surface area (Å²) in [6, 6.07) is 10.4. The summed E-state index contributed by atoms with van der Waals surface area (Å²) in [6.07, 6.45) is 0.457. The van der Waals surface area contributed by atoms with Gasteiger partial charge in [-0.3, -0.25) is 0 Å². The lowest BCUT2D eigenvalue weighted by molar-refractivity contribution is 0.236. The normalized spacial score (nSPS) is 10.4. The van der Waals surface area contributed by atoms with E-state index in [1.807, 2.05) is 26.8 Å². The van der Waals surface area contributed by atoms with Crippen molar-refractivity contribution in [3.8, 4) is 5.75 Å². The number of carbonyl (C=O) groups is 1. The van der Waals surface area contributed by atoms with Gasteiger partial charge in [0.25, 0.3) is 0 Å². The second kappa shape index (κ2) is 9.06. The first-order valence-corrected chi connectivity index (χ1v) is 8.43. The standard InChI is InChI=1S/C20H25FN2O2/c1-14-8-9-15(2)19(16(14)3)25-13-12-23-20(24)22-11-10-17-6-4-5-7-18(17)21/h4-9H,10-13H2,1-3H3,(H2,22,23,24). The van der Waals surface area contributed by atoms with E-state index in [-0.39, 0.29) is 11.8 Å². The second-order valence-electron chi connectivity index (χ2n) is 6.03. The van der Waals surface area contributed by atoms with Crippen LogP contribution < -0.4 is 15.4 Å². The van der Waals surface area contributed by atoms with Crippen LogP contribution in [0.15, 0.2) is 36.4 Å².